The molecule has 19 heavy (non-hydrogen) atoms. The van der Waals surface area contributed by atoms with E-state index in [-0.39, 0.29) is 5.75 Å². The van der Waals surface area contributed by atoms with E-state index in [1.807, 2.05) is 0 Å². The fourth-order valence-corrected chi connectivity index (χ4v) is 1.39. The molecule has 0 bridgehead atoms. The van der Waals surface area contributed by atoms with E-state index < -0.39 is 34.3 Å². The molecule has 0 heterocycles. The molecule has 0 aliphatic carbocycles. The molecule has 1 amide bonds. The maximum Gasteiger partial charge on any atom is 0.471 e. The van der Waals surface area contributed by atoms with Crippen LogP contribution in [0.5, 0.6) is 5.75 Å². The topological polar surface area (TPSA) is 75.6 Å². The van der Waals surface area contributed by atoms with Crippen LogP contribution in [0, 0.1) is 0 Å². The van der Waals surface area contributed by atoms with Crippen molar-refractivity contribution in [2.45, 2.75) is 6.18 Å². The average Bonchev–Trinajstić information content (AvgIpc) is 2.29. The molecule has 0 aromatic heterocycles. The summed E-state index contributed by atoms with van der Waals surface area (Å²) in [5, 5.41) is 9.79. The van der Waals surface area contributed by atoms with Crippen LogP contribution in [0.3, 0.4) is 0 Å². The van der Waals surface area contributed by atoms with E-state index in [2.05, 4.69) is 0 Å². The van der Waals surface area contributed by atoms with Crippen molar-refractivity contribution in [2.24, 2.45) is 0 Å². The first-order valence-electron chi connectivity index (χ1n) is 4.65. The van der Waals surface area contributed by atoms with Crippen LogP contribution in [0.4, 0.5) is 18.9 Å². The van der Waals surface area contributed by atoms with Crippen LogP contribution in [-0.4, -0.2) is 30.3 Å². The van der Waals surface area contributed by atoms with Gasteiger partial charge in [-0.2, -0.15) is 13.2 Å². The number of nitrogens with one attached hydrogen (secondary N) is 1. The second-order valence-corrected chi connectivity index (χ2v) is 3.67. The molecule has 2 N–H and O–H groups in total. The third-order valence-corrected chi connectivity index (χ3v) is 2.43. The second kappa shape index (κ2) is 5.35. The number of carbonyl (C=O) groups is 2. The first kappa shape index (κ1) is 15.1. The Hall–Kier alpha value is -1.96. The number of halogens is 4. The van der Waals surface area contributed by atoms with Crippen molar-refractivity contribution in [3.63, 3.8) is 0 Å². The van der Waals surface area contributed by atoms with E-state index in [9.17, 15) is 22.8 Å². The van der Waals surface area contributed by atoms with E-state index in [1.165, 1.54) is 12.4 Å². The van der Waals surface area contributed by atoms with Crippen molar-refractivity contribution in [2.75, 3.05) is 12.4 Å². The Bertz CT molecular complexity index is 530. The number of aromatic carboxylic acids is 1. The molecule has 0 radical (unpaired) electrons. The smallest absolute Gasteiger partial charge is 0.471 e. The average molecular weight is 298 g/mol. The van der Waals surface area contributed by atoms with Gasteiger partial charge in [-0.3, -0.25) is 4.79 Å². The minimum atomic E-state index is -5.12. The van der Waals surface area contributed by atoms with E-state index in [4.69, 9.17) is 21.4 Å². The van der Waals surface area contributed by atoms with Gasteiger partial charge in [0.05, 0.1) is 23.4 Å². The molecule has 0 spiro atoms. The Labute approximate surface area is 109 Å². The normalized spacial score (nSPS) is 11.0. The number of methoxy groups -OCH3 is 1. The summed E-state index contributed by atoms with van der Waals surface area (Å²) < 4.78 is 41.0. The summed E-state index contributed by atoms with van der Waals surface area (Å²) in [6.45, 7) is 0. The maximum absolute atomic E-state index is 12.1. The molecular weight excluding hydrogens is 291 g/mol. The van der Waals surface area contributed by atoms with Crippen LogP contribution in [0.2, 0.25) is 5.02 Å². The number of benzene rings is 1. The molecule has 0 aliphatic heterocycles. The van der Waals surface area contributed by atoms with Gasteiger partial charge in [0, 0.05) is 6.07 Å². The lowest BCUT2D eigenvalue weighted by molar-refractivity contribution is -0.167. The molecule has 1 aromatic carbocycles. The summed E-state index contributed by atoms with van der Waals surface area (Å²) in [6, 6.07) is 2.01. The van der Waals surface area contributed by atoms with Gasteiger partial charge in [0.1, 0.15) is 5.75 Å². The zero-order valence-electron chi connectivity index (χ0n) is 9.34. The third-order valence-electron chi connectivity index (χ3n) is 2.02. The lowest BCUT2D eigenvalue weighted by Crippen LogP contribution is -2.30. The molecule has 0 aliphatic rings. The van der Waals surface area contributed by atoms with Gasteiger partial charge in [0.2, 0.25) is 0 Å². The molecule has 5 nitrogen and oxygen atoms in total. The summed E-state index contributed by atoms with van der Waals surface area (Å²) in [7, 11) is 1.18. The minimum Gasteiger partial charge on any atom is -0.497 e. The van der Waals surface area contributed by atoms with Crippen molar-refractivity contribution in [3.8, 4) is 5.75 Å². The van der Waals surface area contributed by atoms with E-state index in [0.29, 0.717) is 0 Å². The molecule has 0 saturated heterocycles. The minimum absolute atomic E-state index is 0.0562. The fraction of sp³-hybridized carbons (Fsp3) is 0.200. The fourth-order valence-electron chi connectivity index (χ4n) is 1.16. The van der Waals surface area contributed by atoms with Gasteiger partial charge in [-0.1, -0.05) is 11.6 Å². The van der Waals surface area contributed by atoms with Gasteiger partial charge in [0.15, 0.2) is 0 Å². The highest BCUT2D eigenvalue weighted by Gasteiger charge is 2.39. The van der Waals surface area contributed by atoms with Crippen LogP contribution >= 0.6 is 11.6 Å². The summed E-state index contributed by atoms with van der Waals surface area (Å²) in [6.07, 6.45) is -5.12. The molecule has 0 atom stereocenters. The summed E-state index contributed by atoms with van der Waals surface area (Å²) >= 11 is 5.61. The van der Waals surface area contributed by atoms with Gasteiger partial charge >= 0.3 is 18.1 Å². The van der Waals surface area contributed by atoms with E-state index in [0.717, 1.165) is 12.1 Å². The zero-order valence-corrected chi connectivity index (χ0v) is 10.1. The zero-order chi connectivity index (χ0) is 14.8. The number of carboxylic acid groups (broad SMARTS) is 1. The maximum atomic E-state index is 12.1. The summed E-state index contributed by atoms with van der Waals surface area (Å²) in [5.74, 6) is -3.79. The number of carbonyl (C=O) groups excluding carboxylic acids is 1. The Morgan fingerprint density at radius 2 is 1.95 bits per heavy atom. The molecule has 0 fully saturated rings. The van der Waals surface area contributed by atoms with Crippen LogP contribution in [0.15, 0.2) is 12.1 Å². The lowest BCUT2D eigenvalue weighted by atomic mass is 10.2. The predicted octanol–water partition coefficient (Wildman–Crippen LogP) is 2.55. The summed E-state index contributed by atoms with van der Waals surface area (Å²) in [5.41, 5.74) is -0.987. The number of hydrogen-bond donors (Lipinski definition) is 2. The Balaban J connectivity index is 3.24. The Morgan fingerprint density at radius 3 is 2.37 bits per heavy atom. The van der Waals surface area contributed by atoms with Crippen LogP contribution < -0.4 is 10.1 Å². The number of anilines is 1. The highest BCUT2D eigenvalue weighted by Crippen LogP contribution is 2.32. The number of carboxylic acids is 1. The standard InChI is InChI=1S/C10H7ClF3NO4/c1-19-4-2-5(8(16)17)7(11)6(3-4)15-9(18)10(12,13)14/h2-3H,1H3,(H,15,18)(H,16,17). The highest BCUT2D eigenvalue weighted by atomic mass is 35.5. The van der Waals surface area contributed by atoms with Gasteiger partial charge in [-0.05, 0) is 6.07 Å². The number of amides is 1. The molecule has 0 unspecified atom stereocenters. The van der Waals surface area contributed by atoms with Crippen LogP contribution in [0.1, 0.15) is 10.4 Å². The van der Waals surface area contributed by atoms with E-state index in [1.54, 1.807) is 0 Å². The number of rotatable bonds is 3. The largest absolute Gasteiger partial charge is 0.497 e. The summed E-state index contributed by atoms with van der Waals surface area (Å²) in [4.78, 5) is 21.6. The van der Waals surface area contributed by atoms with Crippen molar-refractivity contribution in [1.29, 1.82) is 0 Å². The van der Waals surface area contributed by atoms with Gasteiger partial charge in [-0.25, -0.2) is 4.79 Å². The molecule has 1 rings (SSSR count). The molecule has 0 saturated carbocycles. The van der Waals surface area contributed by atoms with E-state index >= 15 is 0 Å². The van der Waals surface area contributed by atoms with Gasteiger partial charge in [0.25, 0.3) is 0 Å². The molecule has 104 valence electrons. The second-order valence-electron chi connectivity index (χ2n) is 3.29. The third kappa shape index (κ3) is 3.50. The van der Waals surface area contributed by atoms with Gasteiger partial charge < -0.3 is 15.2 Å². The Morgan fingerprint density at radius 1 is 1.37 bits per heavy atom. The monoisotopic (exact) mass is 297 g/mol. The number of alkyl halides is 3. The SMILES string of the molecule is COc1cc(NC(=O)C(F)(F)F)c(Cl)c(C(=O)O)c1. The lowest BCUT2D eigenvalue weighted by Gasteiger charge is -2.12. The highest BCUT2D eigenvalue weighted by molar-refractivity contribution is 6.36. The van der Waals surface area contributed by atoms with Crippen LogP contribution in [-0.2, 0) is 4.79 Å². The van der Waals surface area contributed by atoms with Crippen molar-refractivity contribution in [3.05, 3.63) is 22.7 Å². The number of hydrogen-bond acceptors (Lipinski definition) is 3. The Kier molecular flexibility index (Phi) is 4.25. The van der Waals surface area contributed by atoms with Crippen molar-refractivity contribution < 1.29 is 32.6 Å². The van der Waals surface area contributed by atoms with Crippen molar-refractivity contribution >= 4 is 29.2 Å². The van der Waals surface area contributed by atoms with Crippen molar-refractivity contribution in [1.82, 2.24) is 0 Å². The van der Waals surface area contributed by atoms with Crippen LogP contribution in [0.25, 0.3) is 0 Å². The molecule has 9 heteroatoms. The molecular formula is C10H7ClF3NO4. The van der Waals surface area contributed by atoms with Gasteiger partial charge in [-0.15, -0.1) is 0 Å². The predicted molar refractivity (Wildman–Crippen MR) is 59.6 cm³/mol. The first-order chi connectivity index (χ1) is 8.66. The number of ether oxygens (including phenoxy) is 1. The first-order valence-corrected chi connectivity index (χ1v) is 5.03. The quantitative estimate of drug-likeness (QED) is 0.899. The molecule has 1 aromatic rings.